The largest absolute Gasteiger partial charge is 0.507 e. The van der Waals surface area contributed by atoms with Crippen LogP contribution in [0.4, 0.5) is 0 Å². The molecular formula is C18H18N4O3S. The second-order valence-corrected chi connectivity index (χ2v) is 7.07. The average Bonchev–Trinajstić information content (AvgIpc) is 3.23. The number of hydrogen-bond acceptors (Lipinski definition) is 5. The number of rotatable bonds is 3. The fraction of sp³-hybridized carbons (Fsp3) is 0.278. The van der Waals surface area contributed by atoms with Gasteiger partial charge in [0.25, 0.3) is 5.91 Å². The van der Waals surface area contributed by atoms with Crippen LogP contribution < -0.4 is 0 Å². The predicted molar refractivity (Wildman–Crippen MR) is 97.4 cm³/mol. The average molecular weight is 370 g/mol. The van der Waals surface area contributed by atoms with Gasteiger partial charge in [0, 0.05) is 44.0 Å². The molecule has 134 valence electrons. The molecule has 0 radical (unpaired) electrons. The highest BCUT2D eigenvalue weighted by Crippen LogP contribution is 2.19. The van der Waals surface area contributed by atoms with Gasteiger partial charge in [-0.15, -0.1) is 11.3 Å². The van der Waals surface area contributed by atoms with Gasteiger partial charge in [-0.25, -0.2) is 4.98 Å². The highest BCUT2D eigenvalue weighted by molar-refractivity contribution is 7.15. The maximum absolute atomic E-state index is 12.5. The van der Waals surface area contributed by atoms with Crippen molar-refractivity contribution >= 4 is 28.1 Å². The lowest BCUT2D eigenvalue weighted by Crippen LogP contribution is -2.51. The number of benzene rings is 1. The minimum Gasteiger partial charge on any atom is -0.507 e. The van der Waals surface area contributed by atoms with Crippen molar-refractivity contribution in [3.05, 3.63) is 53.3 Å². The van der Waals surface area contributed by atoms with E-state index in [9.17, 15) is 14.7 Å². The lowest BCUT2D eigenvalue weighted by Gasteiger charge is -2.34. The van der Waals surface area contributed by atoms with Crippen molar-refractivity contribution < 1.29 is 14.7 Å². The van der Waals surface area contributed by atoms with Gasteiger partial charge in [0.15, 0.2) is 4.96 Å². The Bertz CT molecular complexity index is 928. The number of para-hydroxylation sites is 1. The zero-order valence-corrected chi connectivity index (χ0v) is 14.9. The van der Waals surface area contributed by atoms with Crippen LogP contribution in [0.25, 0.3) is 4.96 Å². The first-order valence-electron chi connectivity index (χ1n) is 8.38. The van der Waals surface area contributed by atoms with Gasteiger partial charge in [-0.3, -0.25) is 14.0 Å². The summed E-state index contributed by atoms with van der Waals surface area (Å²) in [5.41, 5.74) is 1.06. The SMILES string of the molecule is O=C(Cc1cn2ccsc2n1)N1CCN(C(=O)c2ccccc2O)CC1. The van der Waals surface area contributed by atoms with E-state index < -0.39 is 0 Å². The monoisotopic (exact) mass is 370 g/mol. The van der Waals surface area contributed by atoms with Crippen molar-refractivity contribution in [2.75, 3.05) is 26.2 Å². The van der Waals surface area contributed by atoms with Crippen LogP contribution in [-0.2, 0) is 11.2 Å². The van der Waals surface area contributed by atoms with E-state index in [2.05, 4.69) is 4.98 Å². The van der Waals surface area contributed by atoms with Gasteiger partial charge in [-0.2, -0.15) is 0 Å². The zero-order valence-electron chi connectivity index (χ0n) is 14.0. The molecule has 0 bridgehead atoms. The molecule has 1 fully saturated rings. The molecule has 1 aromatic carbocycles. The third kappa shape index (κ3) is 3.15. The molecule has 7 nitrogen and oxygen atoms in total. The number of aromatic nitrogens is 2. The summed E-state index contributed by atoms with van der Waals surface area (Å²) in [6.07, 6.45) is 4.06. The summed E-state index contributed by atoms with van der Waals surface area (Å²) < 4.78 is 1.91. The van der Waals surface area contributed by atoms with Crippen LogP contribution in [0.1, 0.15) is 16.1 Å². The van der Waals surface area contributed by atoms with Gasteiger partial charge in [-0.1, -0.05) is 12.1 Å². The Morgan fingerprint density at radius 1 is 1.12 bits per heavy atom. The Kier molecular flexibility index (Phi) is 4.34. The summed E-state index contributed by atoms with van der Waals surface area (Å²) in [6, 6.07) is 6.52. The van der Waals surface area contributed by atoms with Crippen LogP contribution >= 0.6 is 11.3 Å². The van der Waals surface area contributed by atoms with Crippen LogP contribution in [0, 0.1) is 0 Å². The van der Waals surface area contributed by atoms with Crippen LogP contribution in [0.5, 0.6) is 5.75 Å². The zero-order chi connectivity index (χ0) is 18.1. The number of hydrogen-bond donors (Lipinski definition) is 1. The second-order valence-electron chi connectivity index (χ2n) is 6.19. The molecule has 26 heavy (non-hydrogen) atoms. The van der Waals surface area contributed by atoms with Gasteiger partial charge in [0.1, 0.15) is 5.75 Å². The Hall–Kier alpha value is -2.87. The van der Waals surface area contributed by atoms with Crippen molar-refractivity contribution in [2.45, 2.75) is 6.42 Å². The summed E-state index contributed by atoms with van der Waals surface area (Å²) in [6.45, 7) is 1.88. The summed E-state index contributed by atoms with van der Waals surface area (Å²) in [5.74, 6) is -0.203. The van der Waals surface area contributed by atoms with Crippen molar-refractivity contribution in [3.8, 4) is 5.75 Å². The molecular weight excluding hydrogens is 352 g/mol. The summed E-state index contributed by atoms with van der Waals surface area (Å²) in [5, 5.41) is 11.8. The number of piperazine rings is 1. The van der Waals surface area contributed by atoms with Crippen molar-refractivity contribution in [2.24, 2.45) is 0 Å². The number of imidazole rings is 1. The lowest BCUT2D eigenvalue weighted by molar-refractivity contribution is -0.132. The summed E-state index contributed by atoms with van der Waals surface area (Å²) in [4.78, 5) is 33.8. The molecule has 3 heterocycles. The third-order valence-corrected chi connectivity index (χ3v) is 5.30. The quantitative estimate of drug-likeness (QED) is 0.760. The minimum absolute atomic E-state index is 0.0178. The van der Waals surface area contributed by atoms with Gasteiger partial charge < -0.3 is 14.9 Å². The summed E-state index contributed by atoms with van der Waals surface area (Å²) >= 11 is 1.54. The number of amides is 2. The van der Waals surface area contributed by atoms with E-state index in [1.807, 2.05) is 22.2 Å². The lowest BCUT2D eigenvalue weighted by atomic mass is 10.1. The van der Waals surface area contributed by atoms with Crippen molar-refractivity contribution in [1.82, 2.24) is 19.2 Å². The van der Waals surface area contributed by atoms with Gasteiger partial charge >= 0.3 is 0 Å². The molecule has 0 saturated carbocycles. The molecule has 0 aliphatic carbocycles. The fourth-order valence-corrected chi connectivity index (χ4v) is 3.83. The van der Waals surface area contributed by atoms with E-state index in [0.717, 1.165) is 10.7 Å². The molecule has 3 aromatic rings. The van der Waals surface area contributed by atoms with Gasteiger partial charge in [-0.05, 0) is 12.1 Å². The molecule has 2 amide bonds. The maximum atomic E-state index is 12.5. The highest BCUT2D eigenvalue weighted by atomic mass is 32.1. The van der Waals surface area contributed by atoms with E-state index in [4.69, 9.17) is 0 Å². The van der Waals surface area contributed by atoms with Crippen molar-refractivity contribution in [3.63, 3.8) is 0 Å². The van der Waals surface area contributed by atoms with Crippen LogP contribution in [-0.4, -0.2) is 62.3 Å². The van der Waals surface area contributed by atoms with E-state index in [1.165, 1.54) is 17.4 Å². The Labute approximate surface area is 154 Å². The van der Waals surface area contributed by atoms with Crippen LogP contribution in [0.3, 0.4) is 0 Å². The smallest absolute Gasteiger partial charge is 0.257 e. The first kappa shape index (κ1) is 16.6. The number of phenolic OH excluding ortho intramolecular Hbond substituents is 1. The first-order chi connectivity index (χ1) is 12.6. The van der Waals surface area contributed by atoms with E-state index in [-0.39, 0.29) is 24.0 Å². The molecule has 0 spiro atoms. The fourth-order valence-electron chi connectivity index (χ4n) is 3.11. The third-order valence-electron chi connectivity index (χ3n) is 4.53. The Morgan fingerprint density at radius 3 is 2.58 bits per heavy atom. The van der Waals surface area contributed by atoms with E-state index in [1.54, 1.807) is 28.0 Å². The number of aromatic hydroxyl groups is 1. The number of phenols is 1. The number of nitrogens with zero attached hydrogens (tertiary/aromatic N) is 4. The Balaban J connectivity index is 1.35. The normalized spacial score (nSPS) is 14.8. The molecule has 0 unspecified atom stereocenters. The molecule has 1 saturated heterocycles. The van der Waals surface area contributed by atoms with Gasteiger partial charge in [0.2, 0.25) is 5.91 Å². The molecule has 4 rings (SSSR count). The maximum Gasteiger partial charge on any atom is 0.257 e. The molecule has 0 atom stereocenters. The molecule has 2 aromatic heterocycles. The van der Waals surface area contributed by atoms with Crippen LogP contribution in [0.2, 0.25) is 0 Å². The number of thiazole rings is 1. The predicted octanol–water partition coefficient (Wildman–Crippen LogP) is 1.63. The molecule has 1 N–H and O–H groups in total. The Morgan fingerprint density at radius 2 is 1.85 bits per heavy atom. The molecule has 8 heteroatoms. The highest BCUT2D eigenvalue weighted by Gasteiger charge is 2.26. The topological polar surface area (TPSA) is 78.2 Å². The summed E-state index contributed by atoms with van der Waals surface area (Å²) in [7, 11) is 0. The number of fused-ring (bicyclic) bond motifs is 1. The number of carbonyl (C=O) groups is 2. The second kappa shape index (κ2) is 6.80. The standard InChI is InChI=1S/C18H18N4O3S/c23-15-4-2-1-3-14(15)17(25)21-7-5-20(6-8-21)16(24)11-13-12-22-9-10-26-18(22)19-13/h1-4,9-10,12,23H,5-8,11H2. The molecule has 1 aliphatic rings. The number of carbonyl (C=O) groups excluding carboxylic acids is 2. The van der Waals surface area contributed by atoms with E-state index >= 15 is 0 Å². The van der Waals surface area contributed by atoms with Crippen molar-refractivity contribution in [1.29, 1.82) is 0 Å². The van der Waals surface area contributed by atoms with Gasteiger partial charge in [0.05, 0.1) is 17.7 Å². The minimum atomic E-state index is -0.204. The first-order valence-corrected chi connectivity index (χ1v) is 9.26. The molecule has 1 aliphatic heterocycles. The van der Waals surface area contributed by atoms with Crippen LogP contribution in [0.15, 0.2) is 42.0 Å². The van der Waals surface area contributed by atoms with E-state index in [0.29, 0.717) is 31.7 Å².